The summed E-state index contributed by atoms with van der Waals surface area (Å²) in [6.45, 7) is 3.86. The molecule has 3 heterocycles. The molecule has 1 fully saturated rings. The van der Waals surface area contributed by atoms with Crippen LogP contribution in [0.4, 0.5) is 16.8 Å². The minimum atomic E-state index is -1.17. The summed E-state index contributed by atoms with van der Waals surface area (Å²) in [4.78, 5) is 28.0. The molecule has 0 unspecified atom stereocenters. The van der Waals surface area contributed by atoms with Crippen LogP contribution < -0.4 is 15.5 Å². The third kappa shape index (κ3) is 4.82. The lowest BCUT2D eigenvalue weighted by Crippen LogP contribution is -2.32. The first kappa shape index (κ1) is 20.4. The van der Waals surface area contributed by atoms with Crippen molar-refractivity contribution in [3.8, 4) is 10.4 Å². The quantitative estimate of drug-likeness (QED) is 0.586. The number of benzene rings is 1. The molecule has 1 aliphatic heterocycles. The molecule has 10 heteroatoms. The number of carbonyl (C=O) groups is 1. The molecule has 1 aromatic carbocycles. The summed E-state index contributed by atoms with van der Waals surface area (Å²) in [6, 6.07) is 7.75. The molecule has 0 saturated carbocycles. The number of thiazole rings is 1. The number of rotatable bonds is 5. The Labute approximate surface area is 181 Å². The molecule has 0 radical (unpaired) electrons. The summed E-state index contributed by atoms with van der Waals surface area (Å²) in [5, 5.41) is 7.41. The van der Waals surface area contributed by atoms with Gasteiger partial charge in [0.15, 0.2) is 5.13 Å². The Hall–Kier alpha value is -2.85. The van der Waals surface area contributed by atoms with Crippen LogP contribution in [-0.2, 0) is 15.6 Å². The first-order valence-electron chi connectivity index (χ1n) is 9.51. The largest absolute Gasteiger partial charge is 0.354 e. The number of hydrogen-bond acceptors (Lipinski definition) is 8. The van der Waals surface area contributed by atoms with E-state index in [1.165, 1.54) is 0 Å². The van der Waals surface area contributed by atoms with Gasteiger partial charge in [-0.1, -0.05) is 17.4 Å². The highest BCUT2D eigenvalue weighted by Gasteiger charge is 2.18. The molecule has 4 rings (SSSR count). The number of aryl methyl sites for hydroxylation is 1. The van der Waals surface area contributed by atoms with Gasteiger partial charge in [0.2, 0.25) is 11.9 Å². The highest BCUT2D eigenvalue weighted by molar-refractivity contribution is 7.84. The van der Waals surface area contributed by atoms with E-state index in [2.05, 4.69) is 31.7 Å². The Morgan fingerprint density at radius 3 is 2.97 bits per heavy atom. The summed E-state index contributed by atoms with van der Waals surface area (Å²) in [7, 11) is -1.17. The fraction of sp³-hybridized carbons (Fsp3) is 0.300. The zero-order valence-electron chi connectivity index (χ0n) is 16.7. The first-order valence-corrected chi connectivity index (χ1v) is 11.9. The Kier molecular flexibility index (Phi) is 6.05. The van der Waals surface area contributed by atoms with Crippen LogP contribution in [0.3, 0.4) is 0 Å². The van der Waals surface area contributed by atoms with Crippen LogP contribution in [0, 0.1) is 6.92 Å². The second-order valence-corrected chi connectivity index (χ2v) is 9.35. The fourth-order valence-corrected chi connectivity index (χ4v) is 4.60. The van der Waals surface area contributed by atoms with Gasteiger partial charge in [-0.15, -0.1) is 0 Å². The lowest BCUT2D eigenvalue weighted by molar-refractivity contribution is -0.119. The topological polar surface area (TPSA) is 100 Å². The molecular formula is C20H22N6O2S2. The zero-order chi connectivity index (χ0) is 21.1. The normalized spacial score (nSPS) is 15.4. The van der Waals surface area contributed by atoms with Crippen molar-refractivity contribution in [2.24, 2.45) is 0 Å². The molecule has 2 aromatic heterocycles. The second-order valence-electron chi connectivity index (χ2n) is 7.02. The number of aromatic nitrogens is 3. The van der Waals surface area contributed by atoms with Gasteiger partial charge in [0.05, 0.1) is 22.2 Å². The lowest BCUT2D eigenvalue weighted by atomic mass is 10.1. The molecule has 3 aromatic rings. The van der Waals surface area contributed by atoms with E-state index in [-0.39, 0.29) is 5.91 Å². The van der Waals surface area contributed by atoms with E-state index in [0.29, 0.717) is 24.1 Å². The number of nitrogens with one attached hydrogen (secondary N) is 2. The van der Waals surface area contributed by atoms with Crippen molar-refractivity contribution in [1.29, 1.82) is 0 Å². The fourth-order valence-electron chi connectivity index (χ4n) is 3.20. The Bertz CT molecular complexity index is 1100. The standard InChI is InChI=1S/C20H22N6O2S2/c1-13-8-14(10-15(9-13)24-19-22-6-4-18(25-19)30(2)28)16-11-23-20(29-16)26-7-3-5-21-17(27)12-26/h4,6,8-11H,3,5,7,12H2,1-2H3,(H,21,27)(H,22,24,25)/t30-/m1/s1. The molecule has 0 bridgehead atoms. The molecule has 0 aliphatic carbocycles. The maximum atomic E-state index is 11.9. The maximum Gasteiger partial charge on any atom is 0.239 e. The monoisotopic (exact) mass is 442 g/mol. The summed E-state index contributed by atoms with van der Waals surface area (Å²) in [5.41, 5.74) is 2.94. The van der Waals surface area contributed by atoms with E-state index in [4.69, 9.17) is 0 Å². The van der Waals surface area contributed by atoms with Crippen molar-refractivity contribution in [2.45, 2.75) is 18.4 Å². The smallest absolute Gasteiger partial charge is 0.239 e. The zero-order valence-corrected chi connectivity index (χ0v) is 18.3. The van der Waals surface area contributed by atoms with E-state index >= 15 is 0 Å². The second kappa shape index (κ2) is 8.88. The summed E-state index contributed by atoms with van der Waals surface area (Å²) < 4.78 is 11.7. The number of hydrogen-bond donors (Lipinski definition) is 2. The van der Waals surface area contributed by atoms with Gasteiger partial charge in [0, 0.05) is 37.4 Å². The van der Waals surface area contributed by atoms with Gasteiger partial charge in [-0.3, -0.25) is 9.00 Å². The predicted octanol–water partition coefficient (Wildman–Crippen LogP) is 2.72. The van der Waals surface area contributed by atoms with Gasteiger partial charge in [-0.2, -0.15) is 0 Å². The van der Waals surface area contributed by atoms with Crippen LogP contribution in [0.1, 0.15) is 12.0 Å². The van der Waals surface area contributed by atoms with Crippen molar-refractivity contribution >= 4 is 44.8 Å². The average molecular weight is 443 g/mol. The van der Waals surface area contributed by atoms with Gasteiger partial charge >= 0.3 is 0 Å². The van der Waals surface area contributed by atoms with Gasteiger partial charge in [-0.05, 0) is 42.7 Å². The molecule has 0 spiro atoms. The average Bonchev–Trinajstić information content (AvgIpc) is 3.10. The molecule has 30 heavy (non-hydrogen) atoms. The molecule has 156 valence electrons. The number of carbonyl (C=O) groups excluding carboxylic acids is 1. The van der Waals surface area contributed by atoms with Crippen LogP contribution in [0.25, 0.3) is 10.4 Å². The predicted molar refractivity (Wildman–Crippen MR) is 120 cm³/mol. The van der Waals surface area contributed by atoms with Crippen LogP contribution in [0.2, 0.25) is 0 Å². The number of nitrogens with zero attached hydrogens (tertiary/aromatic N) is 4. The number of anilines is 3. The van der Waals surface area contributed by atoms with Crippen molar-refractivity contribution in [2.75, 3.05) is 36.1 Å². The number of amides is 1. The summed E-state index contributed by atoms with van der Waals surface area (Å²) in [6.07, 6.45) is 5.93. The SMILES string of the molecule is Cc1cc(Nc2nccc([S@@](C)=O)n2)cc(-c2cnc(N3CCCNC(=O)C3)s2)c1. The minimum absolute atomic E-state index is 0.0292. The molecule has 1 saturated heterocycles. The maximum absolute atomic E-state index is 11.9. The van der Waals surface area contributed by atoms with Crippen molar-refractivity contribution in [3.05, 3.63) is 42.2 Å². The molecule has 2 N–H and O–H groups in total. The summed E-state index contributed by atoms with van der Waals surface area (Å²) in [5.74, 6) is 0.432. The van der Waals surface area contributed by atoms with E-state index < -0.39 is 10.8 Å². The third-order valence-electron chi connectivity index (χ3n) is 4.57. The minimum Gasteiger partial charge on any atom is -0.354 e. The van der Waals surface area contributed by atoms with E-state index in [0.717, 1.165) is 39.8 Å². The third-order valence-corrected chi connectivity index (χ3v) is 6.49. The van der Waals surface area contributed by atoms with Crippen molar-refractivity contribution in [1.82, 2.24) is 20.3 Å². The highest BCUT2D eigenvalue weighted by atomic mass is 32.2. The van der Waals surface area contributed by atoms with E-state index in [1.807, 2.05) is 30.2 Å². The molecule has 1 aliphatic rings. The Morgan fingerprint density at radius 1 is 1.27 bits per heavy atom. The molecule has 8 nitrogen and oxygen atoms in total. The van der Waals surface area contributed by atoms with Crippen LogP contribution in [0.15, 0.2) is 41.7 Å². The molecule has 1 amide bonds. The van der Waals surface area contributed by atoms with Crippen LogP contribution in [-0.4, -0.2) is 51.0 Å². The van der Waals surface area contributed by atoms with E-state index in [1.54, 1.807) is 29.9 Å². The van der Waals surface area contributed by atoms with Crippen LogP contribution in [0.5, 0.6) is 0 Å². The summed E-state index contributed by atoms with van der Waals surface area (Å²) >= 11 is 1.57. The Balaban J connectivity index is 1.58. The lowest BCUT2D eigenvalue weighted by Gasteiger charge is -2.17. The highest BCUT2D eigenvalue weighted by Crippen LogP contribution is 2.33. The molecule has 1 atom stereocenters. The van der Waals surface area contributed by atoms with Crippen LogP contribution >= 0.6 is 11.3 Å². The molecular weight excluding hydrogens is 420 g/mol. The van der Waals surface area contributed by atoms with Crippen molar-refractivity contribution in [3.63, 3.8) is 0 Å². The Morgan fingerprint density at radius 2 is 2.13 bits per heavy atom. The van der Waals surface area contributed by atoms with E-state index in [9.17, 15) is 9.00 Å². The van der Waals surface area contributed by atoms with Gasteiger partial charge in [0.25, 0.3) is 0 Å². The first-order chi connectivity index (χ1) is 14.5. The van der Waals surface area contributed by atoms with Gasteiger partial charge < -0.3 is 15.5 Å². The van der Waals surface area contributed by atoms with Gasteiger partial charge in [-0.25, -0.2) is 15.0 Å². The van der Waals surface area contributed by atoms with Gasteiger partial charge in [0.1, 0.15) is 5.03 Å². The van der Waals surface area contributed by atoms with Crippen molar-refractivity contribution < 1.29 is 9.00 Å².